The Morgan fingerprint density at radius 1 is 1.53 bits per heavy atom. The Labute approximate surface area is 114 Å². The second-order valence-corrected chi connectivity index (χ2v) is 5.10. The van der Waals surface area contributed by atoms with Gasteiger partial charge in [-0.15, -0.1) is 0 Å². The van der Waals surface area contributed by atoms with Gasteiger partial charge < -0.3 is 15.4 Å². The average molecular weight is 262 g/mol. The van der Waals surface area contributed by atoms with Gasteiger partial charge in [0.15, 0.2) is 0 Å². The van der Waals surface area contributed by atoms with Gasteiger partial charge in [0.05, 0.1) is 6.61 Å². The predicted octanol–water partition coefficient (Wildman–Crippen LogP) is 1.70. The second kappa shape index (κ2) is 6.68. The lowest BCUT2D eigenvalue weighted by Gasteiger charge is -2.30. The molecule has 0 aromatic heterocycles. The van der Waals surface area contributed by atoms with Crippen LogP contribution in [-0.4, -0.2) is 31.6 Å². The van der Waals surface area contributed by atoms with E-state index < -0.39 is 0 Å². The summed E-state index contributed by atoms with van der Waals surface area (Å²) >= 11 is 0. The summed E-state index contributed by atoms with van der Waals surface area (Å²) in [6.45, 7) is 3.69. The molecular weight excluding hydrogens is 240 g/mol. The molecule has 2 atom stereocenters. The van der Waals surface area contributed by atoms with E-state index in [0.29, 0.717) is 18.2 Å². The zero-order valence-corrected chi connectivity index (χ0v) is 11.6. The lowest BCUT2D eigenvalue weighted by atomic mass is 9.99. The van der Waals surface area contributed by atoms with Gasteiger partial charge in [-0.25, -0.2) is 0 Å². The van der Waals surface area contributed by atoms with Gasteiger partial charge in [-0.2, -0.15) is 0 Å². The van der Waals surface area contributed by atoms with Crippen molar-refractivity contribution in [2.45, 2.75) is 38.5 Å². The third kappa shape index (κ3) is 3.78. The topological polar surface area (TPSA) is 50.4 Å². The first-order valence-electron chi connectivity index (χ1n) is 6.83. The summed E-state index contributed by atoms with van der Waals surface area (Å²) < 4.78 is 5.09. The fraction of sp³-hybridized carbons (Fsp3) is 0.533. The molecule has 0 bridgehead atoms. The number of piperidine rings is 1. The van der Waals surface area contributed by atoms with E-state index in [9.17, 15) is 4.79 Å². The van der Waals surface area contributed by atoms with Crippen LogP contribution in [0, 0.1) is 0 Å². The number of ether oxygens (including phenoxy) is 1. The van der Waals surface area contributed by atoms with E-state index in [1.807, 2.05) is 24.3 Å². The minimum absolute atomic E-state index is 0.00139. The summed E-state index contributed by atoms with van der Waals surface area (Å²) in [5, 5.41) is 6.50. The number of methoxy groups -OCH3 is 1. The summed E-state index contributed by atoms with van der Waals surface area (Å²) in [5.74, 6) is -0.00139. The number of carbonyl (C=O) groups is 1. The van der Waals surface area contributed by atoms with Crippen LogP contribution in [0.5, 0.6) is 0 Å². The van der Waals surface area contributed by atoms with Crippen molar-refractivity contribution in [1.82, 2.24) is 10.6 Å². The third-order valence-electron chi connectivity index (χ3n) is 3.58. The number of nitrogens with one attached hydrogen (secondary N) is 2. The van der Waals surface area contributed by atoms with Crippen LogP contribution >= 0.6 is 0 Å². The number of amides is 1. The molecule has 1 aliphatic rings. The largest absolute Gasteiger partial charge is 0.380 e. The molecule has 1 aliphatic heterocycles. The van der Waals surface area contributed by atoms with E-state index in [-0.39, 0.29) is 11.9 Å². The molecule has 1 saturated heterocycles. The molecule has 4 heteroatoms. The van der Waals surface area contributed by atoms with Gasteiger partial charge in [0, 0.05) is 24.8 Å². The van der Waals surface area contributed by atoms with Crippen LogP contribution in [0.25, 0.3) is 0 Å². The molecule has 1 aromatic carbocycles. The van der Waals surface area contributed by atoms with E-state index in [1.165, 1.54) is 0 Å². The Hall–Kier alpha value is -1.39. The zero-order chi connectivity index (χ0) is 13.7. The smallest absolute Gasteiger partial charge is 0.251 e. The second-order valence-electron chi connectivity index (χ2n) is 5.10. The summed E-state index contributed by atoms with van der Waals surface area (Å²) in [6, 6.07) is 8.14. The Morgan fingerprint density at radius 2 is 2.37 bits per heavy atom. The monoisotopic (exact) mass is 262 g/mol. The van der Waals surface area contributed by atoms with Gasteiger partial charge in [0.1, 0.15) is 0 Å². The maximum atomic E-state index is 12.2. The maximum Gasteiger partial charge on any atom is 0.251 e. The van der Waals surface area contributed by atoms with Crippen LogP contribution in [0.4, 0.5) is 0 Å². The van der Waals surface area contributed by atoms with Gasteiger partial charge in [-0.3, -0.25) is 4.79 Å². The van der Waals surface area contributed by atoms with Crippen molar-refractivity contribution in [3.63, 3.8) is 0 Å². The van der Waals surface area contributed by atoms with Crippen molar-refractivity contribution in [3.8, 4) is 0 Å². The number of benzene rings is 1. The fourth-order valence-electron chi connectivity index (χ4n) is 2.46. The van der Waals surface area contributed by atoms with E-state index in [2.05, 4.69) is 17.6 Å². The number of hydrogen-bond donors (Lipinski definition) is 2. The number of carbonyl (C=O) groups excluding carboxylic acids is 1. The normalized spacial score (nSPS) is 23.1. The Morgan fingerprint density at radius 3 is 3.11 bits per heavy atom. The van der Waals surface area contributed by atoms with Crippen LogP contribution < -0.4 is 10.6 Å². The number of hydrogen-bond acceptors (Lipinski definition) is 3. The third-order valence-corrected chi connectivity index (χ3v) is 3.58. The van der Waals surface area contributed by atoms with Crippen LogP contribution in [0.2, 0.25) is 0 Å². The summed E-state index contributed by atoms with van der Waals surface area (Å²) in [4.78, 5) is 12.2. The van der Waals surface area contributed by atoms with Crippen molar-refractivity contribution in [2.75, 3.05) is 13.7 Å². The SMILES string of the molecule is COCc1cccc(C(=O)NC2CCCNC2C)c1. The molecule has 0 spiro atoms. The first-order chi connectivity index (χ1) is 9.20. The average Bonchev–Trinajstić information content (AvgIpc) is 2.42. The molecule has 0 radical (unpaired) electrons. The molecular formula is C15H22N2O2. The molecule has 2 rings (SSSR count). The van der Waals surface area contributed by atoms with Gasteiger partial charge in [-0.1, -0.05) is 12.1 Å². The van der Waals surface area contributed by atoms with Crippen LogP contribution in [0.1, 0.15) is 35.7 Å². The summed E-state index contributed by atoms with van der Waals surface area (Å²) in [6.07, 6.45) is 2.15. The quantitative estimate of drug-likeness (QED) is 0.868. The van der Waals surface area contributed by atoms with Crippen LogP contribution in [0.3, 0.4) is 0 Å². The van der Waals surface area contributed by atoms with Crippen molar-refractivity contribution in [2.24, 2.45) is 0 Å². The molecule has 0 aliphatic carbocycles. The maximum absolute atomic E-state index is 12.2. The summed E-state index contributed by atoms with van der Waals surface area (Å²) in [7, 11) is 1.65. The highest BCUT2D eigenvalue weighted by Gasteiger charge is 2.22. The minimum atomic E-state index is -0.00139. The predicted molar refractivity (Wildman–Crippen MR) is 75.1 cm³/mol. The Kier molecular flexibility index (Phi) is 4.93. The lowest BCUT2D eigenvalue weighted by molar-refractivity contribution is 0.0919. The molecule has 4 nitrogen and oxygen atoms in total. The molecule has 2 N–H and O–H groups in total. The van der Waals surface area contributed by atoms with Crippen LogP contribution in [-0.2, 0) is 11.3 Å². The zero-order valence-electron chi connectivity index (χ0n) is 11.6. The van der Waals surface area contributed by atoms with E-state index in [1.54, 1.807) is 7.11 Å². The highest BCUT2D eigenvalue weighted by atomic mass is 16.5. The molecule has 19 heavy (non-hydrogen) atoms. The van der Waals surface area contributed by atoms with Gasteiger partial charge in [-0.05, 0) is 44.0 Å². The van der Waals surface area contributed by atoms with Crippen molar-refractivity contribution < 1.29 is 9.53 Å². The lowest BCUT2D eigenvalue weighted by Crippen LogP contribution is -2.51. The minimum Gasteiger partial charge on any atom is -0.380 e. The Bertz CT molecular complexity index is 434. The molecule has 1 amide bonds. The standard InChI is InChI=1S/C15H22N2O2/c1-11-14(7-4-8-16-11)17-15(18)13-6-3-5-12(9-13)10-19-2/h3,5-6,9,11,14,16H,4,7-8,10H2,1-2H3,(H,17,18). The van der Waals surface area contributed by atoms with Crippen molar-refractivity contribution in [3.05, 3.63) is 35.4 Å². The van der Waals surface area contributed by atoms with E-state index >= 15 is 0 Å². The first kappa shape index (κ1) is 14.0. The summed E-state index contributed by atoms with van der Waals surface area (Å²) in [5.41, 5.74) is 1.72. The van der Waals surface area contributed by atoms with E-state index in [4.69, 9.17) is 4.74 Å². The highest BCUT2D eigenvalue weighted by Crippen LogP contribution is 2.11. The first-order valence-corrected chi connectivity index (χ1v) is 6.83. The molecule has 1 aromatic rings. The number of rotatable bonds is 4. The van der Waals surface area contributed by atoms with Gasteiger partial charge in [0.2, 0.25) is 0 Å². The highest BCUT2D eigenvalue weighted by molar-refractivity contribution is 5.94. The van der Waals surface area contributed by atoms with Gasteiger partial charge in [0.25, 0.3) is 5.91 Å². The molecule has 1 fully saturated rings. The molecule has 2 unspecified atom stereocenters. The van der Waals surface area contributed by atoms with Crippen molar-refractivity contribution in [1.29, 1.82) is 0 Å². The fourth-order valence-corrected chi connectivity index (χ4v) is 2.46. The van der Waals surface area contributed by atoms with Crippen LogP contribution in [0.15, 0.2) is 24.3 Å². The Balaban J connectivity index is 2.00. The van der Waals surface area contributed by atoms with E-state index in [0.717, 1.165) is 24.9 Å². The molecule has 1 heterocycles. The molecule has 104 valence electrons. The van der Waals surface area contributed by atoms with Crippen molar-refractivity contribution >= 4 is 5.91 Å². The molecule has 0 saturated carbocycles. The van der Waals surface area contributed by atoms with Gasteiger partial charge >= 0.3 is 0 Å².